The average molecular weight is 369 g/mol. The summed E-state index contributed by atoms with van der Waals surface area (Å²) in [5.41, 5.74) is 0. The van der Waals surface area contributed by atoms with E-state index in [1.165, 1.54) is 12.3 Å². The van der Waals surface area contributed by atoms with E-state index < -0.39 is 10.0 Å². The molecule has 2 N–H and O–H groups in total. The van der Waals surface area contributed by atoms with Gasteiger partial charge in [-0.15, -0.1) is 11.3 Å². The lowest BCUT2D eigenvalue weighted by molar-refractivity contribution is 0.350. The second-order valence-corrected chi connectivity index (χ2v) is 8.25. The van der Waals surface area contributed by atoms with Gasteiger partial charge in [-0.25, -0.2) is 13.4 Å². The van der Waals surface area contributed by atoms with Gasteiger partial charge in [-0.05, 0) is 6.07 Å². The van der Waals surface area contributed by atoms with Crippen LogP contribution in [0.15, 0.2) is 17.2 Å². The number of nitrogens with zero attached hydrogens (tertiary/aromatic N) is 1. The second kappa shape index (κ2) is 6.30. The van der Waals surface area contributed by atoms with Crippen molar-refractivity contribution in [3.05, 3.63) is 25.8 Å². The molecule has 0 spiro atoms. The number of aromatic nitrogens is 1. The number of sulfonamides is 1. The molecule has 0 radical (unpaired) electrons. The van der Waals surface area contributed by atoms with Crippen molar-refractivity contribution in [2.24, 2.45) is 0 Å². The summed E-state index contributed by atoms with van der Waals surface area (Å²) in [6.45, 7) is -0.276. The molecule has 0 bridgehead atoms. The fourth-order valence-corrected chi connectivity index (χ4v) is 5.27. The summed E-state index contributed by atoms with van der Waals surface area (Å²) < 4.78 is 26.9. The summed E-state index contributed by atoms with van der Waals surface area (Å²) in [6, 6.07) is 1.27. The molecule has 0 aliphatic rings. The highest BCUT2D eigenvalue weighted by molar-refractivity contribution is 7.93. The Kier molecular flexibility index (Phi) is 4.90. The van der Waals surface area contributed by atoms with E-state index in [-0.39, 0.29) is 25.3 Å². The summed E-state index contributed by atoms with van der Waals surface area (Å²) in [5, 5.41) is 8.73. The molecular formula is C10H6Cl2N2O3S3. The SMILES string of the molecule is O=S(=O)(Nc1ncc(C#CCO)s1)c1cc(Cl)sc1Cl. The Balaban J connectivity index is 2.24. The molecule has 0 fully saturated rings. The predicted octanol–water partition coefficient (Wildman–Crippen LogP) is 2.66. The number of rotatable bonds is 3. The van der Waals surface area contributed by atoms with Crippen molar-refractivity contribution in [1.29, 1.82) is 0 Å². The number of aliphatic hydroxyl groups excluding tert-OH is 1. The van der Waals surface area contributed by atoms with Gasteiger partial charge in [0.2, 0.25) is 0 Å². The summed E-state index contributed by atoms with van der Waals surface area (Å²) in [7, 11) is -3.84. The molecule has 2 aromatic rings. The zero-order chi connectivity index (χ0) is 14.8. The van der Waals surface area contributed by atoms with Crippen molar-refractivity contribution in [2.75, 3.05) is 11.3 Å². The lowest BCUT2D eigenvalue weighted by Gasteiger charge is -2.02. The number of hydrogen-bond donors (Lipinski definition) is 2. The highest BCUT2D eigenvalue weighted by Crippen LogP contribution is 2.35. The molecule has 0 aliphatic carbocycles. The van der Waals surface area contributed by atoms with Crippen LogP contribution in [-0.2, 0) is 10.0 Å². The maximum absolute atomic E-state index is 12.1. The lowest BCUT2D eigenvalue weighted by Crippen LogP contribution is -2.12. The number of halogens is 2. The Bertz CT molecular complexity index is 786. The lowest BCUT2D eigenvalue weighted by atomic mass is 10.5. The van der Waals surface area contributed by atoms with Crippen LogP contribution in [0.25, 0.3) is 0 Å². The fourth-order valence-electron chi connectivity index (χ4n) is 1.18. The molecule has 0 unspecified atom stereocenters. The van der Waals surface area contributed by atoms with Crippen molar-refractivity contribution in [3.8, 4) is 11.8 Å². The number of thiazole rings is 1. The van der Waals surface area contributed by atoms with Gasteiger partial charge in [-0.1, -0.05) is 46.4 Å². The van der Waals surface area contributed by atoms with E-state index in [1.54, 1.807) is 0 Å². The van der Waals surface area contributed by atoms with Crippen LogP contribution in [0.5, 0.6) is 0 Å². The third kappa shape index (κ3) is 3.63. The second-order valence-electron chi connectivity index (χ2n) is 3.28. The minimum absolute atomic E-state index is 0.0827. The highest BCUT2D eigenvalue weighted by atomic mass is 35.5. The van der Waals surface area contributed by atoms with Crippen LogP contribution >= 0.6 is 45.9 Å². The topological polar surface area (TPSA) is 79.3 Å². The largest absolute Gasteiger partial charge is 0.384 e. The van der Waals surface area contributed by atoms with Gasteiger partial charge in [0.15, 0.2) is 5.13 Å². The molecule has 2 rings (SSSR count). The van der Waals surface area contributed by atoms with Crippen LogP contribution in [0.3, 0.4) is 0 Å². The number of thiophene rings is 1. The number of nitrogens with one attached hydrogen (secondary N) is 1. The quantitative estimate of drug-likeness (QED) is 0.816. The molecule has 0 saturated heterocycles. The number of hydrogen-bond acceptors (Lipinski definition) is 6. The van der Waals surface area contributed by atoms with Crippen molar-refractivity contribution >= 4 is 61.0 Å². The first-order valence-electron chi connectivity index (χ1n) is 4.95. The van der Waals surface area contributed by atoms with Crippen molar-refractivity contribution in [2.45, 2.75) is 4.90 Å². The predicted molar refractivity (Wildman–Crippen MR) is 81.2 cm³/mol. The molecule has 106 valence electrons. The molecule has 10 heteroatoms. The molecule has 5 nitrogen and oxygen atoms in total. The Morgan fingerprint density at radius 2 is 2.15 bits per heavy atom. The van der Waals surface area contributed by atoms with Crippen molar-refractivity contribution in [3.63, 3.8) is 0 Å². The normalized spacial score (nSPS) is 10.9. The Hall–Kier alpha value is -0.820. The molecule has 0 amide bonds. The monoisotopic (exact) mass is 368 g/mol. The Morgan fingerprint density at radius 1 is 1.40 bits per heavy atom. The minimum Gasteiger partial charge on any atom is -0.384 e. The summed E-state index contributed by atoms with van der Waals surface area (Å²) in [6.07, 6.45) is 1.41. The highest BCUT2D eigenvalue weighted by Gasteiger charge is 2.22. The van der Waals surface area contributed by atoms with E-state index >= 15 is 0 Å². The van der Waals surface area contributed by atoms with Gasteiger partial charge in [0.25, 0.3) is 10.0 Å². The van der Waals surface area contributed by atoms with E-state index in [0.29, 0.717) is 4.88 Å². The van der Waals surface area contributed by atoms with Crippen molar-refractivity contribution < 1.29 is 13.5 Å². The van der Waals surface area contributed by atoms with E-state index in [0.717, 1.165) is 22.7 Å². The van der Waals surface area contributed by atoms with E-state index in [4.69, 9.17) is 28.3 Å². The molecule has 0 saturated carbocycles. The zero-order valence-electron chi connectivity index (χ0n) is 9.55. The van der Waals surface area contributed by atoms with Crippen LogP contribution < -0.4 is 4.72 Å². The maximum atomic E-state index is 12.1. The van der Waals surface area contributed by atoms with Gasteiger partial charge < -0.3 is 5.11 Å². The Labute approximate surface area is 133 Å². The molecular weight excluding hydrogens is 363 g/mol. The van der Waals surface area contributed by atoms with Crippen LogP contribution in [0, 0.1) is 11.8 Å². The summed E-state index contributed by atoms with van der Waals surface area (Å²) in [4.78, 5) is 4.33. The molecule has 0 aliphatic heterocycles. The first-order chi connectivity index (χ1) is 9.42. The van der Waals surface area contributed by atoms with Gasteiger partial charge in [0.1, 0.15) is 15.8 Å². The third-order valence-electron chi connectivity index (χ3n) is 1.93. The Morgan fingerprint density at radius 3 is 2.75 bits per heavy atom. The van der Waals surface area contributed by atoms with Gasteiger partial charge >= 0.3 is 0 Å². The van der Waals surface area contributed by atoms with Crippen LogP contribution in [0.1, 0.15) is 4.88 Å². The van der Waals surface area contributed by atoms with E-state index in [2.05, 4.69) is 21.5 Å². The van der Waals surface area contributed by atoms with Gasteiger partial charge in [0.05, 0.1) is 15.4 Å². The van der Waals surface area contributed by atoms with Crippen molar-refractivity contribution in [1.82, 2.24) is 4.98 Å². The van der Waals surface area contributed by atoms with Crippen LogP contribution in [0.4, 0.5) is 5.13 Å². The zero-order valence-corrected chi connectivity index (χ0v) is 13.5. The molecule has 0 aromatic carbocycles. The fraction of sp³-hybridized carbons (Fsp3) is 0.100. The van der Waals surface area contributed by atoms with Gasteiger partial charge in [-0.3, -0.25) is 4.72 Å². The summed E-state index contributed by atoms with van der Waals surface area (Å²) >= 11 is 13.6. The van der Waals surface area contributed by atoms with Gasteiger partial charge in [-0.2, -0.15) is 0 Å². The summed E-state index contributed by atoms with van der Waals surface area (Å²) in [5.74, 6) is 5.08. The minimum atomic E-state index is -3.84. The first-order valence-corrected chi connectivity index (χ1v) is 8.83. The standard InChI is InChI=1S/C10H6Cl2N2O3S3/c11-8-4-7(9(12)19-8)20(16,17)14-10-13-5-6(18-10)2-1-3-15/h4-5,15H,3H2,(H,13,14). The smallest absolute Gasteiger partial charge is 0.266 e. The number of anilines is 1. The van der Waals surface area contributed by atoms with Crippen LogP contribution in [0.2, 0.25) is 8.67 Å². The third-order valence-corrected chi connectivity index (χ3v) is 5.98. The average Bonchev–Trinajstić information content (AvgIpc) is 2.93. The van der Waals surface area contributed by atoms with E-state index in [9.17, 15) is 8.42 Å². The number of aliphatic hydroxyl groups is 1. The van der Waals surface area contributed by atoms with Crippen LogP contribution in [-0.4, -0.2) is 25.1 Å². The first kappa shape index (κ1) is 15.6. The maximum Gasteiger partial charge on any atom is 0.266 e. The molecule has 0 atom stereocenters. The molecule has 20 heavy (non-hydrogen) atoms. The molecule has 2 aromatic heterocycles. The van der Waals surface area contributed by atoms with E-state index in [1.807, 2.05) is 0 Å². The molecule has 2 heterocycles. The van der Waals surface area contributed by atoms with Gasteiger partial charge in [0, 0.05) is 0 Å².